The van der Waals surface area contributed by atoms with E-state index in [-0.39, 0.29) is 112 Å². The number of benzene rings is 3. The Labute approximate surface area is 513 Å². The van der Waals surface area contributed by atoms with E-state index in [4.69, 9.17) is 71.3 Å². The molecule has 81 heavy (non-hydrogen) atoms. The van der Waals surface area contributed by atoms with Crippen LogP contribution in [-0.2, 0) is 19.6 Å². The molecule has 3 fully saturated rings. The van der Waals surface area contributed by atoms with E-state index in [9.17, 15) is 13.2 Å². The second kappa shape index (κ2) is 26.8. The molecule has 0 aliphatic carbocycles. The van der Waals surface area contributed by atoms with Gasteiger partial charge in [-0.3, -0.25) is 14.7 Å². The molecular formula is C57H51Cl3F3N15S3. The third kappa shape index (κ3) is 14.8. The van der Waals surface area contributed by atoms with Crippen LogP contribution in [0.15, 0.2) is 91.6 Å². The molecule has 0 bridgehead atoms. The molecule has 3 saturated heterocycles. The number of aromatic nitrogens is 6. The summed E-state index contributed by atoms with van der Waals surface area (Å²) in [7, 11) is 0. The number of hydrogen-bond donors (Lipinski definition) is 3. The van der Waals surface area contributed by atoms with E-state index in [2.05, 4.69) is 29.9 Å². The Morgan fingerprint density at radius 3 is 1.27 bits per heavy atom. The molecule has 0 radical (unpaired) electrons. The lowest BCUT2D eigenvalue weighted by atomic mass is 10.0. The molecule has 3 aliphatic rings. The molecule has 414 valence electrons. The summed E-state index contributed by atoms with van der Waals surface area (Å²) in [6, 6.07) is 8.75. The maximum Gasteiger partial charge on any atom is 0.162 e. The first-order chi connectivity index (χ1) is 45.5. The molecule has 3 aliphatic heterocycles. The second-order valence-electron chi connectivity index (χ2n) is 18.1. The number of anilines is 3. The van der Waals surface area contributed by atoms with Crippen molar-refractivity contribution in [2.45, 2.75) is 76.2 Å². The van der Waals surface area contributed by atoms with Crippen LogP contribution >= 0.6 is 68.8 Å². The quantitative estimate of drug-likeness (QED) is 0.104. The molecule has 24 heteroatoms. The zero-order chi connectivity index (χ0) is 69.6. The fourth-order valence-corrected chi connectivity index (χ4v) is 11.8. The van der Waals surface area contributed by atoms with Crippen molar-refractivity contribution in [1.82, 2.24) is 44.6 Å². The van der Waals surface area contributed by atoms with E-state index in [1.54, 1.807) is 28.0 Å². The van der Waals surface area contributed by atoms with Crippen LogP contribution in [0.5, 0.6) is 0 Å². The summed E-state index contributed by atoms with van der Waals surface area (Å²) >= 11 is 21.5. The summed E-state index contributed by atoms with van der Waals surface area (Å²) in [6.07, 6.45) is 4.17. The van der Waals surface area contributed by atoms with Gasteiger partial charge in [0.1, 0.15) is 73.4 Å². The van der Waals surface area contributed by atoms with Crippen molar-refractivity contribution in [2.75, 3.05) is 55.2 Å². The lowest BCUT2D eigenvalue weighted by Crippen LogP contribution is -2.38. The van der Waals surface area contributed by atoms with Crippen molar-refractivity contribution in [2.24, 2.45) is 0 Å². The largest absolute Gasteiger partial charge is 0.366 e. The summed E-state index contributed by atoms with van der Waals surface area (Å²) in [6.45, 7) is -0.544. The van der Waals surface area contributed by atoms with Gasteiger partial charge in [0.15, 0.2) is 4.24 Å². The fourth-order valence-electron chi connectivity index (χ4n) is 8.73. The fraction of sp³-hybridized carbons (Fsp3) is 0.316. The SMILES string of the molecule is [2H]c1cc(C([2H])N2CCC(N([2H])c3ncnc4c([2H])c(Cl)sc34)CC2)cc(C#N)c1F.[2H]c1cc(C([2H])N2CCC([2H])(N([2H])c3ncnc4c([2H])c(Cl)sc34)CC2)cc(C#N)c1F.[2H]c1nc(N([2H])C2([2H])CCN(C([2H])c3cc([2H])c(F)c(C#N)c3)CC2)c2sc(Cl)c([2H])c2n1. The molecule has 12 rings (SSSR count). The minimum Gasteiger partial charge on any atom is -0.366 e. The van der Waals surface area contributed by atoms with Crippen molar-refractivity contribution in [3.05, 3.63) is 155 Å². The molecule has 15 nitrogen and oxygen atoms in total. The monoisotopic (exact) mass is 1220 g/mol. The zero-order valence-corrected chi connectivity index (χ0v) is 46.8. The number of likely N-dealkylation sites (tertiary alicyclic amines) is 3. The van der Waals surface area contributed by atoms with Gasteiger partial charge in [-0.05, 0) is 110 Å². The summed E-state index contributed by atoms with van der Waals surface area (Å²) < 4.78 is 168. The number of nitriles is 3. The van der Waals surface area contributed by atoms with Crippen molar-refractivity contribution in [3.63, 3.8) is 0 Å². The molecule has 3 atom stereocenters. The Bertz CT molecular complexity index is 4580. The Kier molecular flexibility index (Phi) is 13.7. The molecule has 9 heterocycles. The standard InChI is InChI=1S/3C19H17ClFN5S/c3*20-17-8-16-18(27-17)19(24-11-23-16)25-14-3-5-26(6-4-14)10-12-1-2-15(21)13(7-12)9-22/h3*1-2,7-8,11,14H,3-6,10H2,(H,23,24,25)/i2D,8D,10D,11D,14D;2D,8D,10D,14D;2D,8D,10D/hD3. The average Bonchev–Trinajstić information content (AvgIpc) is 1.56. The van der Waals surface area contributed by atoms with E-state index < -0.39 is 67.2 Å². The Hall–Kier alpha value is -6.81. The number of nitrogens with one attached hydrogen (secondary N) is 3. The molecule has 3 aromatic carbocycles. The van der Waals surface area contributed by atoms with Crippen molar-refractivity contribution in [3.8, 4) is 18.2 Å². The minimum atomic E-state index is -1.41. The molecule has 6 aromatic heterocycles. The Morgan fingerprint density at radius 1 is 0.543 bits per heavy atom. The van der Waals surface area contributed by atoms with E-state index in [0.29, 0.717) is 91.0 Å². The van der Waals surface area contributed by atoms with Gasteiger partial charge in [-0.25, -0.2) is 43.1 Å². The lowest BCUT2D eigenvalue weighted by molar-refractivity contribution is 0.211. The number of thiophene rings is 3. The first-order valence-corrected chi connectivity index (χ1v) is 28.3. The van der Waals surface area contributed by atoms with Crippen LogP contribution < -0.4 is 15.9 Å². The van der Waals surface area contributed by atoms with E-state index in [0.717, 1.165) is 33.3 Å². The third-order valence-corrected chi connectivity index (χ3v) is 16.3. The lowest BCUT2D eigenvalue weighted by Gasteiger charge is -2.32. The normalized spacial score (nSPS) is 20.3. The number of fused-ring (bicyclic) bond motifs is 3. The highest BCUT2D eigenvalue weighted by atomic mass is 35.5. The maximum atomic E-state index is 13.8. The number of rotatable bonds is 12. The van der Waals surface area contributed by atoms with Gasteiger partial charge in [-0.2, -0.15) is 15.8 Å². The number of halogens is 6. The topological polar surface area (TPSA) is 195 Å². The van der Waals surface area contributed by atoms with Crippen LogP contribution in [0.1, 0.15) is 88.4 Å². The molecular weight excluding hydrogens is 1150 g/mol. The number of piperidine rings is 3. The van der Waals surface area contributed by atoms with Gasteiger partial charge in [-0.1, -0.05) is 53.0 Å². The minimum absolute atomic E-state index is 0.0392. The molecule has 9 aromatic rings. The maximum absolute atomic E-state index is 13.8. The third-order valence-electron chi connectivity index (χ3n) is 12.7. The van der Waals surface area contributed by atoms with Crippen LogP contribution in [0, 0.1) is 51.4 Å². The molecule has 0 saturated carbocycles. The van der Waals surface area contributed by atoms with Crippen LogP contribution in [0.4, 0.5) is 30.6 Å². The van der Waals surface area contributed by atoms with Crippen LogP contribution in [0.25, 0.3) is 30.6 Å². The van der Waals surface area contributed by atoms with E-state index in [1.807, 2.05) is 4.90 Å². The van der Waals surface area contributed by atoms with E-state index in [1.165, 1.54) is 65.7 Å². The highest BCUT2D eigenvalue weighted by Gasteiger charge is 2.25. The summed E-state index contributed by atoms with van der Waals surface area (Å²) in [5.74, 6) is -2.04. The highest BCUT2D eigenvalue weighted by molar-refractivity contribution is 7.24. The van der Waals surface area contributed by atoms with Gasteiger partial charge >= 0.3 is 0 Å². The number of nitrogens with zero attached hydrogens (tertiary/aromatic N) is 12. The summed E-state index contributed by atoms with van der Waals surface area (Å²) in [5.41, 5.74) is 1.18. The zero-order valence-electron chi connectivity index (χ0n) is 57.1. The molecule has 0 amide bonds. The van der Waals surface area contributed by atoms with E-state index >= 15 is 0 Å². The average molecular weight is 1220 g/mol. The van der Waals surface area contributed by atoms with Gasteiger partial charge in [0.2, 0.25) is 0 Å². The Balaban J connectivity index is 0.000000157. The van der Waals surface area contributed by atoms with Crippen LogP contribution in [0.2, 0.25) is 17.2 Å². The van der Waals surface area contributed by atoms with Gasteiger partial charge in [0.05, 0.1) is 71.3 Å². The van der Waals surface area contributed by atoms with Gasteiger partial charge in [-0.15, -0.1) is 34.0 Å². The smallest absolute Gasteiger partial charge is 0.162 e. The molecule has 0 spiro atoms. The first-order valence-electron chi connectivity index (χ1n) is 32.3. The summed E-state index contributed by atoms with van der Waals surface area (Å²) in [5, 5.41) is 30.5. The van der Waals surface area contributed by atoms with Crippen molar-refractivity contribution in [1.29, 1.82) is 15.8 Å². The van der Waals surface area contributed by atoms with Crippen molar-refractivity contribution >= 4 is 117 Å². The predicted molar refractivity (Wildman–Crippen MR) is 316 cm³/mol. The first kappa shape index (κ1) is 41.2. The summed E-state index contributed by atoms with van der Waals surface area (Å²) in [4.78, 5) is 29.9. The predicted octanol–water partition coefficient (Wildman–Crippen LogP) is 13.3. The van der Waals surface area contributed by atoms with Crippen LogP contribution in [-0.4, -0.2) is 102 Å². The van der Waals surface area contributed by atoms with Gasteiger partial charge in [0.25, 0.3) is 0 Å². The number of hydrogen-bond acceptors (Lipinski definition) is 18. The second-order valence-corrected chi connectivity index (χ2v) is 23.0. The van der Waals surface area contributed by atoms with Gasteiger partial charge in [0, 0.05) is 81.0 Å². The van der Waals surface area contributed by atoms with Gasteiger partial charge < -0.3 is 15.9 Å². The highest BCUT2D eigenvalue weighted by Crippen LogP contribution is 2.36. The van der Waals surface area contributed by atoms with Crippen molar-refractivity contribution < 1.29 is 33.9 Å². The molecule has 3 unspecified atom stereocenters. The Morgan fingerprint density at radius 2 is 0.889 bits per heavy atom. The molecule has 3 N–H and O–H groups in total. The van der Waals surface area contributed by atoms with Crippen LogP contribution in [0.3, 0.4) is 0 Å².